The Morgan fingerprint density at radius 1 is 1.25 bits per heavy atom. The van der Waals surface area contributed by atoms with Crippen molar-refractivity contribution in [3.63, 3.8) is 0 Å². The first-order chi connectivity index (χ1) is 13.0. The van der Waals surface area contributed by atoms with Crippen molar-refractivity contribution < 1.29 is 29.7 Å². The third-order valence-electron chi connectivity index (χ3n) is 8.62. The van der Waals surface area contributed by atoms with Gasteiger partial charge in [0.1, 0.15) is 5.60 Å². The highest BCUT2D eigenvalue weighted by molar-refractivity contribution is 6.36. The van der Waals surface area contributed by atoms with E-state index in [1.807, 2.05) is 6.08 Å². The lowest BCUT2D eigenvalue weighted by Gasteiger charge is -2.59. The summed E-state index contributed by atoms with van der Waals surface area (Å²) in [6.45, 7) is 5.56. The lowest BCUT2D eigenvalue weighted by atomic mass is 9.46. The van der Waals surface area contributed by atoms with Crippen LogP contribution in [0, 0.1) is 34.5 Å². The predicted molar refractivity (Wildman–Crippen MR) is 100 cm³/mol. The molecule has 4 aliphatic carbocycles. The molecule has 6 heteroatoms. The van der Waals surface area contributed by atoms with Crippen molar-refractivity contribution in [3.8, 4) is 0 Å². The Morgan fingerprint density at radius 3 is 2.57 bits per heavy atom. The molecule has 0 aromatic carbocycles. The zero-order chi connectivity index (χ0) is 20.6. The van der Waals surface area contributed by atoms with Crippen LogP contribution >= 0.6 is 0 Å². The van der Waals surface area contributed by atoms with E-state index in [4.69, 9.17) is 0 Å². The van der Waals surface area contributed by atoms with Crippen molar-refractivity contribution in [2.24, 2.45) is 34.5 Å². The standard InChI is InChI=1S/C22H28O6/c1-11-8-15-14-5-4-12-9-13(23)6-7-20(12,2)17(14)16(24)10-21(15,3)22(11,28)18(25)19(26)27/h6-7,9,11,14-17,24,28H,4-5,8,10H2,1-3H3,(H,26,27)/t11-,14+,15+,16+,17-,20+,21+,22+/m1/s1. The molecule has 0 aromatic heterocycles. The van der Waals surface area contributed by atoms with Crippen LogP contribution in [0.25, 0.3) is 0 Å². The average molecular weight is 388 g/mol. The van der Waals surface area contributed by atoms with Gasteiger partial charge in [-0.25, -0.2) is 4.79 Å². The summed E-state index contributed by atoms with van der Waals surface area (Å²) in [5.41, 5.74) is -2.37. The fraction of sp³-hybridized carbons (Fsp3) is 0.682. The van der Waals surface area contributed by atoms with Gasteiger partial charge < -0.3 is 15.3 Å². The fourth-order valence-electron chi connectivity index (χ4n) is 7.31. The van der Waals surface area contributed by atoms with E-state index in [0.717, 1.165) is 18.4 Å². The maximum Gasteiger partial charge on any atom is 0.375 e. The van der Waals surface area contributed by atoms with Crippen molar-refractivity contribution in [3.05, 3.63) is 23.8 Å². The normalized spacial score (nSPS) is 49.7. The smallest absolute Gasteiger partial charge is 0.375 e. The molecule has 0 unspecified atom stereocenters. The molecule has 0 radical (unpaired) electrons. The van der Waals surface area contributed by atoms with Crippen molar-refractivity contribution in [2.75, 3.05) is 0 Å². The quantitative estimate of drug-likeness (QED) is 0.623. The summed E-state index contributed by atoms with van der Waals surface area (Å²) in [6.07, 6.45) is 6.56. The van der Waals surface area contributed by atoms with Crippen molar-refractivity contribution in [2.45, 2.75) is 58.2 Å². The second-order valence-corrected chi connectivity index (χ2v) is 9.75. The van der Waals surface area contributed by atoms with Crippen LogP contribution in [-0.2, 0) is 14.4 Å². The Hall–Kier alpha value is -1.79. The highest BCUT2D eigenvalue weighted by Crippen LogP contribution is 2.68. The highest BCUT2D eigenvalue weighted by atomic mass is 16.4. The first-order valence-electron chi connectivity index (χ1n) is 10.1. The number of ketones is 2. The molecule has 0 aromatic rings. The minimum absolute atomic E-state index is 0.0306. The summed E-state index contributed by atoms with van der Waals surface area (Å²) in [4.78, 5) is 35.9. The number of aliphatic hydroxyl groups is 2. The van der Waals surface area contributed by atoms with Crippen LogP contribution < -0.4 is 0 Å². The number of Topliss-reactive ketones (excluding diaryl/α,β-unsaturated/α-hetero) is 1. The van der Waals surface area contributed by atoms with E-state index in [1.54, 1.807) is 26.0 Å². The van der Waals surface area contributed by atoms with E-state index >= 15 is 0 Å². The number of fused-ring (bicyclic) bond motifs is 5. The molecule has 0 saturated heterocycles. The van der Waals surface area contributed by atoms with E-state index < -0.39 is 40.2 Å². The monoisotopic (exact) mass is 388 g/mol. The number of carboxylic acids is 1. The number of carbonyl (C=O) groups excluding carboxylic acids is 2. The Bertz CT molecular complexity index is 827. The number of hydrogen-bond acceptors (Lipinski definition) is 5. The first kappa shape index (κ1) is 19.5. The maximum atomic E-state index is 12.5. The van der Waals surface area contributed by atoms with Crippen molar-refractivity contribution >= 4 is 17.5 Å². The Labute approximate surface area is 164 Å². The van der Waals surface area contributed by atoms with Gasteiger partial charge in [0.05, 0.1) is 6.10 Å². The third-order valence-corrected chi connectivity index (χ3v) is 8.62. The van der Waals surface area contributed by atoms with Crippen LogP contribution in [-0.4, -0.2) is 44.6 Å². The molecule has 4 rings (SSSR count). The molecule has 6 nitrogen and oxygen atoms in total. The van der Waals surface area contributed by atoms with E-state index in [0.29, 0.717) is 6.42 Å². The number of carboxylic acid groups (broad SMARTS) is 1. The molecular weight excluding hydrogens is 360 g/mol. The number of hydrogen-bond donors (Lipinski definition) is 3. The van der Waals surface area contributed by atoms with Crippen LogP contribution in [0.5, 0.6) is 0 Å². The van der Waals surface area contributed by atoms with Gasteiger partial charge in [-0.15, -0.1) is 0 Å². The molecule has 3 saturated carbocycles. The molecule has 8 atom stereocenters. The van der Waals surface area contributed by atoms with Crippen LogP contribution in [0.15, 0.2) is 23.8 Å². The van der Waals surface area contributed by atoms with E-state index in [9.17, 15) is 29.7 Å². The van der Waals surface area contributed by atoms with Crippen LogP contribution in [0.4, 0.5) is 0 Å². The molecule has 0 aliphatic heterocycles. The van der Waals surface area contributed by atoms with Gasteiger partial charge in [0.2, 0.25) is 0 Å². The Balaban J connectivity index is 1.78. The number of carbonyl (C=O) groups is 3. The summed E-state index contributed by atoms with van der Waals surface area (Å²) in [6, 6.07) is 0. The van der Waals surface area contributed by atoms with Gasteiger partial charge in [0, 0.05) is 16.7 Å². The van der Waals surface area contributed by atoms with Crippen molar-refractivity contribution in [1.82, 2.24) is 0 Å². The molecule has 3 fully saturated rings. The Morgan fingerprint density at radius 2 is 1.93 bits per heavy atom. The van der Waals surface area contributed by atoms with Crippen LogP contribution in [0.3, 0.4) is 0 Å². The maximum absolute atomic E-state index is 12.5. The molecular formula is C22H28O6. The van der Waals surface area contributed by atoms with Crippen LogP contribution in [0.2, 0.25) is 0 Å². The summed E-state index contributed by atoms with van der Waals surface area (Å²) < 4.78 is 0. The van der Waals surface area contributed by atoms with Gasteiger partial charge in [-0.1, -0.05) is 32.4 Å². The topological polar surface area (TPSA) is 112 Å². The molecule has 3 N–H and O–H groups in total. The minimum Gasteiger partial charge on any atom is -0.475 e. The molecule has 0 bridgehead atoms. The second-order valence-electron chi connectivity index (χ2n) is 9.75. The van der Waals surface area contributed by atoms with Gasteiger partial charge in [0.15, 0.2) is 5.78 Å². The lowest BCUT2D eigenvalue weighted by molar-refractivity contribution is -0.187. The average Bonchev–Trinajstić information content (AvgIpc) is 2.82. The zero-order valence-electron chi connectivity index (χ0n) is 16.5. The van der Waals surface area contributed by atoms with Gasteiger partial charge in [-0.3, -0.25) is 9.59 Å². The summed E-state index contributed by atoms with van der Waals surface area (Å²) in [7, 11) is 0. The molecule has 0 heterocycles. The second kappa shape index (κ2) is 5.86. The summed E-state index contributed by atoms with van der Waals surface area (Å²) >= 11 is 0. The number of allylic oxidation sites excluding steroid dienone is 4. The fourth-order valence-corrected chi connectivity index (χ4v) is 7.31. The molecule has 152 valence electrons. The largest absolute Gasteiger partial charge is 0.475 e. The molecule has 28 heavy (non-hydrogen) atoms. The van der Waals surface area contributed by atoms with Gasteiger partial charge in [0.25, 0.3) is 5.78 Å². The number of rotatable bonds is 2. The zero-order valence-corrected chi connectivity index (χ0v) is 16.5. The number of aliphatic hydroxyl groups excluding tert-OH is 1. The molecule has 0 spiro atoms. The Kier molecular flexibility index (Phi) is 4.09. The highest BCUT2D eigenvalue weighted by Gasteiger charge is 2.71. The lowest BCUT2D eigenvalue weighted by Crippen LogP contribution is -2.63. The van der Waals surface area contributed by atoms with Gasteiger partial charge in [-0.2, -0.15) is 0 Å². The van der Waals surface area contributed by atoms with E-state index in [1.165, 1.54) is 0 Å². The third kappa shape index (κ3) is 2.19. The van der Waals surface area contributed by atoms with E-state index in [2.05, 4.69) is 6.92 Å². The molecule has 0 amide bonds. The molecule has 4 aliphatic rings. The summed E-state index contributed by atoms with van der Waals surface area (Å²) in [5, 5.41) is 31.9. The van der Waals surface area contributed by atoms with Gasteiger partial charge in [-0.05, 0) is 55.6 Å². The van der Waals surface area contributed by atoms with Crippen LogP contribution in [0.1, 0.15) is 46.5 Å². The number of aliphatic carboxylic acids is 1. The van der Waals surface area contributed by atoms with E-state index in [-0.39, 0.29) is 30.0 Å². The summed E-state index contributed by atoms with van der Waals surface area (Å²) in [5.74, 6) is -3.45. The van der Waals surface area contributed by atoms with Gasteiger partial charge >= 0.3 is 5.97 Å². The predicted octanol–water partition coefficient (Wildman–Crippen LogP) is 1.90. The first-order valence-corrected chi connectivity index (χ1v) is 10.1. The SMILES string of the molecule is C[C@@H]1C[C@H]2[C@@H]3CCC4=CC(=O)C=C[C@]4(C)[C@H]3[C@@H](O)C[C@]2(C)[C@@]1(O)C(=O)C(=O)O. The van der Waals surface area contributed by atoms with Crippen molar-refractivity contribution in [1.29, 1.82) is 0 Å². The minimum atomic E-state index is -1.98.